The van der Waals surface area contributed by atoms with Gasteiger partial charge >= 0.3 is 0 Å². The van der Waals surface area contributed by atoms with Gasteiger partial charge in [-0.2, -0.15) is 0 Å². The fourth-order valence-electron chi connectivity index (χ4n) is 5.42. The van der Waals surface area contributed by atoms with Crippen molar-refractivity contribution in [3.63, 3.8) is 0 Å². The molecular formula is C28H27N5. The Morgan fingerprint density at radius 1 is 1.03 bits per heavy atom. The molecule has 0 bridgehead atoms. The Labute approximate surface area is 193 Å². The highest BCUT2D eigenvalue weighted by Crippen LogP contribution is 2.42. The second kappa shape index (κ2) is 7.09. The van der Waals surface area contributed by atoms with Crippen LogP contribution in [0.4, 0.5) is 0 Å². The number of hydrogen-bond donors (Lipinski definition) is 1. The zero-order valence-electron chi connectivity index (χ0n) is 18.6. The van der Waals surface area contributed by atoms with E-state index in [4.69, 9.17) is 10.7 Å². The lowest BCUT2D eigenvalue weighted by atomic mass is 9.70. The standard InChI is InChI=1S/C28H27N5/c29-28(14-4-15-28)21-11-9-19(10-12-21)25-22(18-5-2-1-3-6-18)17-23-24(30-25)13-16-33-26(20-7-8-20)31-32-27(23)33/h1-3,5-6,9,11-13,16-17,19-20H,4,7-8,10,14-15,29H2. The summed E-state index contributed by atoms with van der Waals surface area (Å²) in [5.41, 5.74) is 13.1. The minimum absolute atomic E-state index is 0.112. The Bertz CT molecular complexity index is 1440. The topological polar surface area (TPSA) is 69.1 Å². The van der Waals surface area contributed by atoms with Crippen LogP contribution in [0.3, 0.4) is 0 Å². The summed E-state index contributed by atoms with van der Waals surface area (Å²) in [7, 11) is 0. The summed E-state index contributed by atoms with van der Waals surface area (Å²) in [6.07, 6.45) is 15.8. The number of nitrogens with two attached hydrogens (primary N) is 1. The van der Waals surface area contributed by atoms with Crippen molar-refractivity contribution in [3.8, 4) is 11.1 Å². The zero-order valence-corrected chi connectivity index (χ0v) is 18.6. The molecule has 1 aromatic carbocycles. The van der Waals surface area contributed by atoms with E-state index in [9.17, 15) is 0 Å². The second-order valence-electron chi connectivity index (χ2n) is 9.93. The van der Waals surface area contributed by atoms with Gasteiger partial charge in [0.25, 0.3) is 0 Å². The lowest BCUT2D eigenvalue weighted by Crippen LogP contribution is -2.48. The minimum Gasteiger partial charge on any atom is -0.321 e. The van der Waals surface area contributed by atoms with Crippen LogP contribution in [0.15, 0.2) is 72.5 Å². The number of aromatic nitrogens is 4. The largest absolute Gasteiger partial charge is 0.321 e. The van der Waals surface area contributed by atoms with E-state index in [1.807, 2.05) is 0 Å². The SMILES string of the molecule is NC1(C2=CCC(c3nc4ccn5c(C6CC6)nnc5c4cc3-c3ccccc3)C=C2)CCC1. The van der Waals surface area contributed by atoms with E-state index in [0.717, 1.165) is 47.3 Å². The van der Waals surface area contributed by atoms with Crippen LogP contribution >= 0.6 is 0 Å². The number of pyridine rings is 2. The monoisotopic (exact) mass is 433 g/mol. The molecule has 0 aliphatic heterocycles. The maximum Gasteiger partial charge on any atom is 0.170 e. The van der Waals surface area contributed by atoms with Gasteiger partial charge in [0.15, 0.2) is 5.65 Å². The Morgan fingerprint density at radius 3 is 2.58 bits per heavy atom. The van der Waals surface area contributed by atoms with E-state index < -0.39 is 0 Å². The molecule has 5 heteroatoms. The average molecular weight is 434 g/mol. The van der Waals surface area contributed by atoms with Crippen LogP contribution in [0.2, 0.25) is 0 Å². The molecule has 7 rings (SSSR count). The summed E-state index contributed by atoms with van der Waals surface area (Å²) in [6.45, 7) is 0. The summed E-state index contributed by atoms with van der Waals surface area (Å²) in [5.74, 6) is 1.86. The second-order valence-corrected chi connectivity index (χ2v) is 9.93. The van der Waals surface area contributed by atoms with Crippen LogP contribution in [0.1, 0.15) is 61.9 Å². The zero-order chi connectivity index (χ0) is 22.0. The number of fused-ring (bicyclic) bond motifs is 3. The van der Waals surface area contributed by atoms with E-state index >= 15 is 0 Å². The van der Waals surface area contributed by atoms with Crippen LogP contribution < -0.4 is 5.73 Å². The van der Waals surface area contributed by atoms with Crippen LogP contribution in [0.5, 0.6) is 0 Å². The van der Waals surface area contributed by atoms with Crippen molar-refractivity contribution in [1.29, 1.82) is 0 Å². The van der Waals surface area contributed by atoms with Crippen molar-refractivity contribution in [1.82, 2.24) is 19.6 Å². The van der Waals surface area contributed by atoms with Gasteiger partial charge in [-0.25, -0.2) is 0 Å². The molecule has 3 heterocycles. The predicted octanol–water partition coefficient (Wildman–Crippen LogP) is 5.67. The fourth-order valence-corrected chi connectivity index (χ4v) is 5.42. The van der Waals surface area contributed by atoms with Crippen LogP contribution in [0.25, 0.3) is 27.7 Å². The number of rotatable bonds is 4. The van der Waals surface area contributed by atoms with Gasteiger partial charge in [-0.15, -0.1) is 10.2 Å². The molecule has 5 nitrogen and oxygen atoms in total. The number of benzene rings is 1. The Morgan fingerprint density at radius 2 is 1.88 bits per heavy atom. The smallest absolute Gasteiger partial charge is 0.170 e. The van der Waals surface area contributed by atoms with E-state index in [0.29, 0.717) is 5.92 Å². The van der Waals surface area contributed by atoms with Gasteiger partial charge in [0.2, 0.25) is 0 Å². The molecule has 4 aromatic rings. The quantitative estimate of drug-likeness (QED) is 0.450. The van der Waals surface area contributed by atoms with E-state index in [-0.39, 0.29) is 11.5 Å². The molecule has 2 saturated carbocycles. The Kier molecular flexibility index (Phi) is 4.12. The third-order valence-electron chi connectivity index (χ3n) is 7.73. The first-order valence-corrected chi connectivity index (χ1v) is 12.1. The average Bonchev–Trinajstić information content (AvgIpc) is 3.60. The molecule has 3 aliphatic rings. The van der Waals surface area contributed by atoms with Crippen LogP contribution in [0, 0.1) is 0 Å². The van der Waals surface area contributed by atoms with E-state index in [1.54, 1.807) is 0 Å². The third-order valence-corrected chi connectivity index (χ3v) is 7.73. The molecule has 1 unspecified atom stereocenters. The normalized spacial score (nSPS) is 21.8. The number of nitrogens with zero attached hydrogens (tertiary/aromatic N) is 4. The molecule has 3 aliphatic carbocycles. The third kappa shape index (κ3) is 3.06. The van der Waals surface area contributed by atoms with Crippen molar-refractivity contribution in [3.05, 3.63) is 84.0 Å². The van der Waals surface area contributed by atoms with Crippen molar-refractivity contribution in [2.45, 2.75) is 55.9 Å². The molecule has 0 saturated heterocycles. The maximum atomic E-state index is 6.59. The number of allylic oxidation sites excluding steroid dienone is 2. The van der Waals surface area contributed by atoms with E-state index in [1.165, 1.54) is 36.0 Å². The lowest BCUT2D eigenvalue weighted by Gasteiger charge is -2.40. The van der Waals surface area contributed by atoms with Crippen molar-refractivity contribution >= 4 is 16.6 Å². The first kappa shape index (κ1) is 19.2. The summed E-state index contributed by atoms with van der Waals surface area (Å²) >= 11 is 0. The van der Waals surface area contributed by atoms with Gasteiger partial charge in [-0.1, -0.05) is 48.6 Å². The molecule has 0 amide bonds. The molecule has 3 aromatic heterocycles. The molecule has 0 spiro atoms. The lowest BCUT2D eigenvalue weighted by molar-refractivity contribution is 0.302. The van der Waals surface area contributed by atoms with Gasteiger partial charge in [0, 0.05) is 34.5 Å². The first-order chi connectivity index (χ1) is 16.2. The number of hydrogen-bond acceptors (Lipinski definition) is 4. The van der Waals surface area contributed by atoms with E-state index in [2.05, 4.69) is 81.5 Å². The molecule has 1 atom stereocenters. The summed E-state index contributed by atoms with van der Waals surface area (Å²) < 4.78 is 2.16. The van der Waals surface area contributed by atoms with Crippen LogP contribution in [-0.4, -0.2) is 25.1 Å². The van der Waals surface area contributed by atoms with Gasteiger partial charge in [0.05, 0.1) is 11.2 Å². The molecule has 164 valence electrons. The predicted molar refractivity (Wildman–Crippen MR) is 131 cm³/mol. The van der Waals surface area contributed by atoms with Gasteiger partial charge < -0.3 is 5.73 Å². The Hall–Kier alpha value is -3.31. The molecule has 2 N–H and O–H groups in total. The van der Waals surface area contributed by atoms with Crippen molar-refractivity contribution in [2.24, 2.45) is 5.73 Å². The highest BCUT2D eigenvalue weighted by molar-refractivity contribution is 5.95. The molecule has 2 fully saturated rings. The minimum atomic E-state index is -0.112. The highest BCUT2D eigenvalue weighted by Gasteiger charge is 2.36. The van der Waals surface area contributed by atoms with Crippen molar-refractivity contribution < 1.29 is 0 Å². The molecule has 33 heavy (non-hydrogen) atoms. The maximum absolute atomic E-state index is 6.59. The Balaban J connectivity index is 1.37. The summed E-state index contributed by atoms with van der Waals surface area (Å²) in [6, 6.07) is 15.0. The first-order valence-electron chi connectivity index (χ1n) is 12.1. The molecule has 0 radical (unpaired) electrons. The van der Waals surface area contributed by atoms with Gasteiger partial charge in [-0.3, -0.25) is 9.38 Å². The molecular weight excluding hydrogens is 406 g/mol. The fraction of sp³-hybridized carbons (Fsp3) is 0.321. The van der Waals surface area contributed by atoms with Crippen molar-refractivity contribution in [2.75, 3.05) is 0 Å². The van der Waals surface area contributed by atoms with Crippen LogP contribution in [-0.2, 0) is 0 Å². The summed E-state index contributed by atoms with van der Waals surface area (Å²) in [4.78, 5) is 5.22. The highest BCUT2D eigenvalue weighted by atomic mass is 15.3. The van der Waals surface area contributed by atoms with Gasteiger partial charge in [-0.05, 0) is 61.8 Å². The summed E-state index contributed by atoms with van der Waals surface area (Å²) in [5, 5.41) is 10.2. The van der Waals surface area contributed by atoms with Gasteiger partial charge in [0.1, 0.15) is 5.82 Å².